The van der Waals surface area contributed by atoms with Crippen molar-refractivity contribution in [3.8, 4) is 0 Å². The van der Waals surface area contributed by atoms with E-state index in [9.17, 15) is 4.79 Å². The Morgan fingerprint density at radius 3 is 2.50 bits per heavy atom. The van der Waals surface area contributed by atoms with Gasteiger partial charge in [-0.1, -0.05) is 30.7 Å². The lowest BCUT2D eigenvalue weighted by Crippen LogP contribution is -2.49. The molecule has 1 aromatic rings. The van der Waals surface area contributed by atoms with Crippen LogP contribution in [0.4, 0.5) is 0 Å². The zero-order valence-corrected chi connectivity index (χ0v) is 10.6. The average molecular weight is 244 g/mol. The Morgan fingerprint density at radius 1 is 1.17 bits per heavy atom. The maximum atomic E-state index is 12.1. The molecule has 1 amide bonds. The van der Waals surface area contributed by atoms with Crippen molar-refractivity contribution in [1.29, 1.82) is 0 Å². The van der Waals surface area contributed by atoms with Crippen molar-refractivity contribution in [2.24, 2.45) is 0 Å². The highest BCUT2D eigenvalue weighted by Crippen LogP contribution is 2.21. The van der Waals surface area contributed by atoms with Gasteiger partial charge in [0.1, 0.15) is 0 Å². The van der Waals surface area contributed by atoms with Gasteiger partial charge < -0.3 is 10.6 Å². The first kappa shape index (κ1) is 11.7. The smallest absolute Gasteiger partial charge is 0.237 e. The molecule has 1 aromatic carbocycles. The molecule has 1 aliphatic carbocycles. The fraction of sp³-hybridized carbons (Fsp3) is 0.533. The van der Waals surface area contributed by atoms with Crippen LogP contribution in [-0.2, 0) is 17.6 Å². The molecule has 3 heteroatoms. The summed E-state index contributed by atoms with van der Waals surface area (Å²) in [5.41, 5.74) is 2.78. The Morgan fingerprint density at radius 2 is 1.89 bits per heavy atom. The molecule has 1 aliphatic heterocycles. The number of fused-ring (bicyclic) bond motifs is 1. The Hall–Kier alpha value is -1.35. The topological polar surface area (TPSA) is 41.1 Å². The minimum atomic E-state index is 0.0301. The minimum absolute atomic E-state index is 0.0301. The van der Waals surface area contributed by atoms with Crippen molar-refractivity contribution < 1.29 is 4.79 Å². The summed E-state index contributed by atoms with van der Waals surface area (Å²) in [7, 11) is 0. The summed E-state index contributed by atoms with van der Waals surface area (Å²) in [6.07, 6.45) is 5.30. The van der Waals surface area contributed by atoms with E-state index >= 15 is 0 Å². The molecule has 3 rings (SSSR count). The van der Waals surface area contributed by atoms with E-state index in [1.165, 1.54) is 17.5 Å². The highest BCUT2D eigenvalue weighted by atomic mass is 16.2. The summed E-state index contributed by atoms with van der Waals surface area (Å²) < 4.78 is 0. The van der Waals surface area contributed by atoms with E-state index in [1.54, 1.807) is 0 Å². The van der Waals surface area contributed by atoms with Gasteiger partial charge in [-0.15, -0.1) is 0 Å². The number of benzene rings is 1. The fourth-order valence-electron chi connectivity index (χ4n) is 3.04. The molecule has 3 nitrogen and oxygen atoms in total. The van der Waals surface area contributed by atoms with E-state index in [-0.39, 0.29) is 11.9 Å². The quantitative estimate of drug-likeness (QED) is 0.826. The minimum Gasteiger partial charge on any atom is -0.351 e. The summed E-state index contributed by atoms with van der Waals surface area (Å²) in [6, 6.07) is 8.80. The average Bonchev–Trinajstić information content (AvgIpc) is 2.82. The summed E-state index contributed by atoms with van der Waals surface area (Å²) in [5.74, 6) is 0.188. The first-order chi connectivity index (χ1) is 8.83. The van der Waals surface area contributed by atoms with Crippen molar-refractivity contribution in [3.63, 3.8) is 0 Å². The Bertz CT molecular complexity index is 413. The second-order valence-electron chi connectivity index (χ2n) is 5.38. The number of rotatable bonds is 2. The third-order valence-corrected chi connectivity index (χ3v) is 4.02. The van der Waals surface area contributed by atoms with Crippen LogP contribution in [0, 0.1) is 0 Å². The first-order valence-corrected chi connectivity index (χ1v) is 6.93. The SMILES string of the molecule is O=C(NC1Cc2ccccc2C1)C1CCCCN1. The lowest BCUT2D eigenvalue weighted by molar-refractivity contribution is -0.124. The molecule has 0 aromatic heterocycles. The van der Waals surface area contributed by atoms with Gasteiger partial charge in [-0.2, -0.15) is 0 Å². The van der Waals surface area contributed by atoms with Crippen molar-refractivity contribution in [2.45, 2.75) is 44.2 Å². The van der Waals surface area contributed by atoms with Crippen molar-refractivity contribution in [3.05, 3.63) is 35.4 Å². The van der Waals surface area contributed by atoms with E-state index < -0.39 is 0 Å². The Balaban J connectivity index is 1.57. The van der Waals surface area contributed by atoms with Crippen LogP contribution in [0.2, 0.25) is 0 Å². The standard InChI is InChI=1S/C15H20N2O/c18-15(14-7-3-4-8-16-14)17-13-9-11-5-1-2-6-12(11)10-13/h1-2,5-6,13-14,16H,3-4,7-10H2,(H,17,18). The predicted octanol–water partition coefficient (Wildman–Crippen LogP) is 1.41. The van der Waals surface area contributed by atoms with E-state index in [4.69, 9.17) is 0 Å². The van der Waals surface area contributed by atoms with Crippen LogP contribution < -0.4 is 10.6 Å². The second kappa shape index (κ2) is 5.11. The molecule has 2 aliphatic rings. The van der Waals surface area contributed by atoms with E-state index in [2.05, 4.69) is 34.9 Å². The number of carbonyl (C=O) groups excluding carboxylic acids is 1. The van der Waals surface area contributed by atoms with Gasteiger partial charge in [-0.25, -0.2) is 0 Å². The maximum absolute atomic E-state index is 12.1. The number of piperidine rings is 1. The van der Waals surface area contributed by atoms with Crippen LogP contribution in [-0.4, -0.2) is 24.5 Å². The monoisotopic (exact) mass is 244 g/mol. The Labute approximate surface area is 108 Å². The van der Waals surface area contributed by atoms with Crippen molar-refractivity contribution in [1.82, 2.24) is 10.6 Å². The fourth-order valence-corrected chi connectivity index (χ4v) is 3.04. The zero-order chi connectivity index (χ0) is 12.4. The molecule has 1 fully saturated rings. The van der Waals surface area contributed by atoms with Crippen LogP contribution in [0.5, 0.6) is 0 Å². The molecular weight excluding hydrogens is 224 g/mol. The van der Waals surface area contributed by atoms with Crippen molar-refractivity contribution in [2.75, 3.05) is 6.54 Å². The normalized spacial score (nSPS) is 23.7. The summed E-state index contributed by atoms with van der Waals surface area (Å²) >= 11 is 0. The molecule has 0 spiro atoms. The number of hydrogen-bond donors (Lipinski definition) is 2. The molecule has 0 saturated carbocycles. The number of hydrogen-bond acceptors (Lipinski definition) is 2. The largest absolute Gasteiger partial charge is 0.351 e. The molecule has 2 N–H and O–H groups in total. The van der Waals surface area contributed by atoms with Crippen molar-refractivity contribution >= 4 is 5.91 Å². The van der Waals surface area contributed by atoms with Gasteiger partial charge in [0.2, 0.25) is 5.91 Å². The third-order valence-electron chi connectivity index (χ3n) is 4.02. The predicted molar refractivity (Wildman–Crippen MR) is 71.4 cm³/mol. The summed E-state index contributed by atoms with van der Waals surface area (Å²) in [6.45, 7) is 0.975. The molecule has 0 bridgehead atoms. The van der Waals surface area contributed by atoms with Gasteiger partial charge in [-0.3, -0.25) is 4.79 Å². The van der Waals surface area contributed by atoms with Gasteiger partial charge in [0.25, 0.3) is 0 Å². The lowest BCUT2D eigenvalue weighted by Gasteiger charge is -2.24. The van der Waals surface area contributed by atoms with Gasteiger partial charge in [0.15, 0.2) is 0 Å². The lowest BCUT2D eigenvalue weighted by atomic mass is 10.0. The number of carbonyl (C=O) groups is 1. The van der Waals surface area contributed by atoms with E-state index in [0.29, 0.717) is 6.04 Å². The number of amides is 1. The molecule has 1 atom stereocenters. The van der Waals surface area contributed by atoms with Crippen LogP contribution >= 0.6 is 0 Å². The molecule has 1 saturated heterocycles. The van der Waals surface area contributed by atoms with Gasteiger partial charge >= 0.3 is 0 Å². The molecule has 0 radical (unpaired) electrons. The highest BCUT2D eigenvalue weighted by Gasteiger charge is 2.26. The Kier molecular flexibility index (Phi) is 3.33. The molecule has 1 unspecified atom stereocenters. The summed E-state index contributed by atoms with van der Waals surface area (Å²) in [4.78, 5) is 12.1. The first-order valence-electron chi connectivity index (χ1n) is 6.93. The van der Waals surface area contributed by atoms with Gasteiger partial charge in [0.05, 0.1) is 6.04 Å². The molecule has 1 heterocycles. The van der Waals surface area contributed by atoms with Gasteiger partial charge in [-0.05, 0) is 43.4 Å². The van der Waals surface area contributed by atoms with Crippen LogP contribution in [0.1, 0.15) is 30.4 Å². The van der Waals surface area contributed by atoms with Crippen LogP contribution in [0.3, 0.4) is 0 Å². The third kappa shape index (κ3) is 2.41. The summed E-state index contributed by atoms with van der Waals surface area (Å²) in [5, 5.41) is 6.50. The number of nitrogens with one attached hydrogen (secondary N) is 2. The molecular formula is C15H20N2O. The van der Waals surface area contributed by atoms with E-state index in [1.807, 2.05) is 0 Å². The zero-order valence-electron chi connectivity index (χ0n) is 10.6. The van der Waals surface area contributed by atoms with Gasteiger partial charge in [0, 0.05) is 6.04 Å². The molecule has 96 valence electrons. The van der Waals surface area contributed by atoms with Crippen LogP contribution in [0.15, 0.2) is 24.3 Å². The highest BCUT2D eigenvalue weighted by molar-refractivity contribution is 5.82. The second-order valence-corrected chi connectivity index (χ2v) is 5.38. The maximum Gasteiger partial charge on any atom is 0.237 e. The van der Waals surface area contributed by atoms with E-state index in [0.717, 1.165) is 32.2 Å². The molecule has 18 heavy (non-hydrogen) atoms. The van der Waals surface area contributed by atoms with Crippen LogP contribution in [0.25, 0.3) is 0 Å².